The van der Waals surface area contributed by atoms with Gasteiger partial charge in [0, 0.05) is 6.54 Å². The number of allylic oxidation sites excluding steroid dienone is 1. The molecule has 0 saturated carbocycles. The van der Waals surface area contributed by atoms with Gasteiger partial charge in [-0.25, -0.2) is 0 Å². The molecule has 0 rings (SSSR count). The second kappa shape index (κ2) is 6.41. The number of likely N-dealkylation sites (N-methyl/N-ethyl adjacent to an activating group) is 1. The van der Waals surface area contributed by atoms with Gasteiger partial charge in [-0.3, -0.25) is 4.90 Å². The van der Waals surface area contributed by atoms with Crippen molar-refractivity contribution in [2.45, 2.75) is 34.1 Å². The largest absolute Gasteiger partial charge is 0.300 e. The summed E-state index contributed by atoms with van der Waals surface area (Å²) < 4.78 is 0. The fraction of sp³-hybridized carbons (Fsp3) is 0.800. The van der Waals surface area contributed by atoms with Crippen LogP contribution in [0, 0.1) is 0 Å². The molecule has 11 heavy (non-hydrogen) atoms. The minimum atomic E-state index is 1.14. The van der Waals surface area contributed by atoms with Gasteiger partial charge >= 0.3 is 0 Å². The van der Waals surface area contributed by atoms with E-state index in [0.29, 0.717) is 0 Å². The number of hydrogen-bond donors (Lipinski definition) is 0. The molecule has 0 atom stereocenters. The zero-order valence-corrected chi connectivity index (χ0v) is 8.35. The SMILES string of the molecule is CC/C=C(/C)CN(CC)CC. The molecule has 0 N–H and O–H groups in total. The Morgan fingerprint density at radius 2 is 1.73 bits per heavy atom. The summed E-state index contributed by atoms with van der Waals surface area (Å²) in [6.45, 7) is 12.3. The molecule has 0 heterocycles. The minimum Gasteiger partial charge on any atom is -0.300 e. The Morgan fingerprint density at radius 3 is 2.09 bits per heavy atom. The van der Waals surface area contributed by atoms with E-state index >= 15 is 0 Å². The first-order valence-corrected chi connectivity index (χ1v) is 4.62. The van der Waals surface area contributed by atoms with E-state index in [0.717, 1.165) is 26.1 Å². The normalized spacial score (nSPS) is 12.6. The van der Waals surface area contributed by atoms with Crippen molar-refractivity contribution < 1.29 is 0 Å². The van der Waals surface area contributed by atoms with Crippen molar-refractivity contribution in [3.63, 3.8) is 0 Å². The standard InChI is InChI=1S/C10H21N/c1-5-8-10(4)9-11(6-2)7-3/h8H,5-7,9H2,1-4H3/b10-8-. The van der Waals surface area contributed by atoms with Crippen molar-refractivity contribution >= 4 is 0 Å². The quantitative estimate of drug-likeness (QED) is 0.552. The van der Waals surface area contributed by atoms with Crippen LogP contribution in [0.4, 0.5) is 0 Å². The Labute approximate surface area is 71.1 Å². The molecule has 0 unspecified atom stereocenters. The van der Waals surface area contributed by atoms with Crippen molar-refractivity contribution in [1.82, 2.24) is 4.90 Å². The summed E-state index contributed by atoms with van der Waals surface area (Å²) >= 11 is 0. The van der Waals surface area contributed by atoms with Gasteiger partial charge in [0.2, 0.25) is 0 Å². The van der Waals surface area contributed by atoms with Gasteiger partial charge in [-0.1, -0.05) is 32.4 Å². The monoisotopic (exact) mass is 155 g/mol. The van der Waals surface area contributed by atoms with Gasteiger partial charge in [0.15, 0.2) is 0 Å². The lowest BCUT2D eigenvalue weighted by molar-refractivity contribution is 0.329. The molecule has 0 aromatic carbocycles. The highest BCUT2D eigenvalue weighted by atomic mass is 15.1. The molecule has 1 nitrogen and oxygen atoms in total. The average Bonchev–Trinajstić information content (AvgIpc) is 2.01. The lowest BCUT2D eigenvalue weighted by Crippen LogP contribution is -2.24. The van der Waals surface area contributed by atoms with Gasteiger partial charge in [-0.2, -0.15) is 0 Å². The molecule has 66 valence electrons. The summed E-state index contributed by atoms with van der Waals surface area (Å²) in [5.41, 5.74) is 1.50. The molecule has 0 fully saturated rings. The summed E-state index contributed by atoms with van der Waals surface area (Å²) in [6, 6.07) is 0. The van der Waals surface area contributed by atoms with E-state index in [1.54, 1.807) is 0 Å². The Morgan fingerprint density at radius 1 is 1.18 bits per heavy atom. The molecular weight excluding hydrogens is 134 g/mol. The highest BCUT2D eigenvalue weighted by molar-refractivity contribution is 4.99. The van der Waals surface area contributed by atoms with E-state index in [2.05, 4.69) is 38.7 Å². The van der Waals surface area contributed by atoms with Crippen LogP contribution in [0.15, 0.2) is 11.6 Å². The lowest BCUT2D eigenvalue weighted by atomic mass is 10.2. The number of hydrogen-bond acceptors (Lipinski definition) is 1. The highest BCUT2D eigenvalue weighted by Crippen LogP contribution is 1.98. The van der Waals surface area contributed by atoms with Gasteiger partial charge in [-0.05, 0) is 26.4 Å². The Bertz CT molecular complexity index is 112. The fourth-order valence-corrected chi connectivity index (χ4v) is 1.21. The van der Waals surface area contributed by atoms with Gasteiger partial charge in [0.05, 0.1) is 0 Å². The molecule has 0 aliphatic rings. The second-order valence-electron chi connectivity index (χ2n) is 2.92. The lowest BCUT2D eigenvalue weighted by Gasteiger charge is -2.17. The average molecular weight is 155 g/mol. The first kappa shape index (κ1) is 10.7. The fourth-order valence-electron chi connectivity index (χ4n) is 1.21. The van der Waals surface area contributed by atoms with E-state index < -0.39 is 0 Å². The third-order valence-electron chi connectivity index (χ3n) is 1.92. The van der Waals surface area contributed by atoms with Gasteiger partial charge in [-0.15, -0.1) is 0 Å². The zero-order chi connectivity index (χ0) is 8.69. The first-order valence-electron chi connectivity index (χ1n) is 4.62. The molecule has 0 aromatic rings. The molecule has 0 radical (unpaired) electrons. The van der Waals surface area contributed by atoms with Crippen LogP contribution in [0.25, 0.3) is 0 Å². The van der Waals surface area contributed by atoms with Crippen molar-refractivity contribution in [1.29, 1.82) is 0 Å². The van der Waals surface area contributed by atoms with Crippen molar-refractivity contribution in [2.75, 3.05) is 19.6 Å². The van der Waals surface area contributed by atoms with Crippen molar-refractivity contribution in [3.8, 4) is 0 Å². The molecule has 0 aromatic heterocycles. The maximum atomic E-state index is 2.43. The van der Waals surface area contributed by atoms with Crippen molar-refractivity contribution in [3.05, 3.63) is 11.6 Å². The first-order chi connectivity index (χ1) is 5.24. The zero-order valence-electron chi connectivity index (χ0n) is 8.35. The van der Waals surface area contributed by atoms with Crippen LogP contribution in [0.3, 0.4) is 0 Å². The highest BCUT2D eigenvalue weighted by Gasteiger charge is 1.97. The van der Waals surface area contributed by atoms with Crippen LogP contribution in [0.1, 0.15) is 34.1 Å². The van der Waals surface area contributed by atoms with E-state index in [4.69, 9.17) is 0 Å². The summed E-state index contributed by atoms with van der Waals surface area (Å²) in [5.74, 6) is 0. The van der Waals surface area contributed by atoms with E-state index in [1.165, 1.54) is 5.57 Å². The van der Waals surface area contributed by atoms with Crippen LogP contribution in [0.2, 0.25) is 0 Å². The molecule has 0 bridgehead atoms. The molecule has 0 aliphatic heterocycles. The van der Waals surface area contributed by atoms with Gasteiger partial charge in [0.1, 0.15) is 0 Å². The molecule has 1 heteroatoms. The third kappa shape index (κ3) is 5.02. The molecule has 0 spiro atoms. The van der Waals surface area contributed by atoms with Crippen LogP contribution in [0.5, 0.6) is 0 Å². The Kier molecular flexibility index (Phi) is 6.24. The molecule has 0 aliphatic carbocycles. The number of rotatable bonds is 5. The van der Waals surface area contributed by atoms with Crippen LogP contribution in [-0.2, 0) is 0 Å². The van der Waals surface area contributed by atoms with E-state index in [1.807, 2.05) is 0 Å². The molecule has 0 saturated heterocycles. The third-order valence-corrected chi connectivity index (χ3v) is 1.92. The predicted octanol–water partition coefficient (Wildman–Crippen LogP) is 2.68. The maximum absolute atomic E-state index is 2.43. The summed E-state index contributed by atoms with van der Waals surface area (Å²) in [6.07, 6.45) is 3.46. The van der Waals surface area contributed by atoms with Crippen LogP contribution < -0.4 is 0 Å². The van der Waals surface area contributed by atoms with E-state index in [9.17, 15) is 0 Å². The predicted molar refractivity (Wildman–Crippen MR) is 51.8 cm³/mol. The second-order valence-corrected chi connectivity index (χ2v) is 2.92. The summed E-state index contributed by atoms with van der Waals surface area (Å²) in [5, 5.41) is 0. The number of nitrogens with zero attached hydrogens (tertiary/aromatic N) is 1. The van der Waals surface area contributed by atoms with E-state index in [-0.39, 0.29) is 0 Å². The minimum absolute atomic E-state index is 1.14. The van der Waals surface area contributed by atoms with Crippen LogP contribution in [-0.4, -0.2) is 24.5 Å². The Balaban J connectivity index is 3.71. The molecule has 0 amide bonds. The van der Waals surface area contributed by atoms with Gasteiger partial charge in [0.25, 0.3) is 0 Å². The van der Waals surface area contributed by atoms with Crippen molar-refractivity contribution in [2.24, 2.45) is 0 Å². The Hall–Kier alpha value is -0.300. The topological polar surface area (TPSA) is 3.24 Å². The summed E-state index contributed by atoms with van der Waals surface area (Å²) in [4.78, 5) is 2.43. The summed E-state index contributed by atoms with van der Waals surface area (Å²) in [7, 11) is 0. The van der Waals surface area contributed by atoms with Crippen LogP contribution >= 0.6 is 0 Å². The smallest absolute Gasteiger partial charge is 0.0189 e. The molecular formula is C10H21N. The van der Waals surface area contributed by atoms with Gasteiger partial charge < -0.3 is 0 Å². The maximum Gasteiger partial charge on any atom is 0.0189 e.